The van der Waals surface area contributed by atoms with Crippen LogP contribution in [0, 0.1) is 19.7 Å². The summed E-state index contributed by atoms with van der Waals surface area (Å²) in [6, 6.07) is 11.7. The van der Waals surface area contributed by atoms with Crippen molar-refractivity contribution in [2.24, 2.45) is 5.10 Å². The number of aromatic nitrogens is 1. The molecule has 1 aromatic heterocycles. The third kappa shape index (κ3) is 4.35. The second kappa shape index (κ2) is 8.28. The highest BCUT2D eigenvalue weighted by Crippen LogP contribution is 2.24. The number of hydrazone groups is 1. The molecular formula is C21H17ClFN3O3. The zero-order chi connectivity index (χ0) is 21.1. The Bertz CT molecular complexity index is 1120. The number of benzene rings is 2. The van der Waals surface area contributed by atoms with E-state index in [0.29, 0.717) is 11.3 Å². The van der Waals surface area contributed by atoms with Crippen molar-refractivity contribution in [3.63, 3.8) is 0 Å². The first-order valence-electron chi connectivity index (χ1n) is 8.59. The molecule has 0 aliphatic heterocycles. The Hall–Kier alpha value is -3.45. The van der Waals surface area contributed by atoms with Crippen molar-refractivity contribution in [1.29, 1.82) is 0 Å². The lowest BCUT2D eigenvalue weighted by atomic mass is 10.2. The van der Waals surface area contributed by atoms with Crippen LogP contribution in [-0.4, -0.2) is 27.8 Å². The number of halogens is 2. The molecule has 6 nitrogen and oxygen atoms in total. The molecule has 1 amide bonds. The van der Waals surface area contributed by atoms with Crippen LogP contribution in [-0.2, 0) is 0 Å². The summed E-state index contributed by atoms with van der Waals surface area (Å²) in [5.41, 5.74) is 5.92. The SMILES string of the molecule is Cc1cc(/C=N\NC(=O)c2ccc(F)cc2)c(C)n1-c1ccc(C(=O)O)c(Cl)c1. The van der Waals surface area contributed by atoms with E-state index in [1.54, 1.807) is 12.1 Å². The number of aromatic carboxylic acids is 1. The summed E-state index contributed by atoms with van der Waals surface area (Å²) in [7, 11) is 0. The van der Waals surface area contributed by atoms with E-state index in [-0.39, 0.29) is 10.6 Å². The molecule has 0 fully saturated rings. The van der Waals surface area contributed by atoms with Gasteiger partial charge < -0.3 is 9.67 Å². The van der Waals surface area contributed by atoms with Gasteiger partial charge in [-0.2, -0.15) is 5.10 Å². The summed E-state index contributed by atoms with van der Waals surface area (Å²) in [6.07, 6.45) is 1.51. The summed E-state index contributed by atoms with van der Waals surface area (Å²) in [6.45, 7) is 3.76. The summed E-state index contributed by atoms with van der Waals surface area (Å²) in [5.74, 6) is -1.97. The van der Waals surface area contributed by atoms with E-state index in [4.69, 9.17) is 16.7 Å². The average Bonchev–Trinajstić information content (AvgIpc) is 2.95. The van der Waals surface area contributed by atoms with Crippen LogP contribution in [0.4, 0.5) is 4.39 Å². The zero-order valence-corrected chi connectivity index (χ0v) is 16.4. The van der Waals surface area contributed by atoms with Crippen LogP contribution in [0.15, 0.2) is 53.6 Å². The molecule has 2 aromatic carbocycles. The van der Waals surface area contributed by atoms with Crippen LogP contribution in [0.5, 0.6) is 0 Å². The molecule has 0 saturated heterocycles. The molecule has 1 heterocycles. The molecule has 0 aliphatic rings. The monoisotopic (exact) mass is 413 g/mol. The lowest BCUT2D eigenvalue weighted by Gasteiger charge is -2.11. The van der Waals surface area contributed by atoms with Gasteiger partial charge in [0.25, 0.3) is 5.91 Å². The van der Waals surface area contributed by atoms with E-state index in [1.165, 1.54) is 36.5 Å². The second-order valence-electron chi connectivity index (χ2n) is 6.34. The van der Waals surface area contributed by atoms with Gasteiger partial charge in [-0.25, -0.2) is 14.6 Å². The van der Waals surface area contributed by atoms with Crippen molar-refractivity contribution in [3.05, 3.63) is 87.4 Å². The Balaban J connectivity index is 1.81. The number of nitrogens with zero attached hydrogens (tertiary/aromatic N) is 2. The van der Waals surface area contributed by atoms with Gasteiger partial charge in [0, 0.05) is 28.2 Å². The van der Waals surface area contributed by atoms with Crippen LogP contribution in [0.2, 0.25) is 5.02 Å². The first kappa shape index (κ1) is 20.3. The third-order valence-electron chi connectivity index (χ3n) is 4.39. The van der Waals surface area contributed by atoms with Crippen LogP contribution in [0.25, 0.3) is 5.69 Å². The van der Waals surface area contributed by atoms with E-state index in [1.807, 2.05) is 24.5 Å². The van der Waals surface area contributed by atoms with Crippen LogP contribution < -0.4 is 5.43 Å². The molecule has 0 aliphatic carbocycles. The van der Waals surface area contributed by atoms with E-state index in [2.05, 4.69) is 10.5 Å². The molecular weight excluding hydrogens is 397 g/mol. The minimum Gasteiger partial charge on any atom is -0.478 e. The fraction of sp³-hybridized carbons (Fsp3) is 0.0952. The Morgan fingerprint density at radius 1 is 1.14 bits per heavy atom. The summed E-state index contributed by atoms with van der Waals surface area (Å²) >= 11 is 6.08. The molecule has 29 heavy (non-hydrogen) atoms. The lowest BCUT2D eigenvalue weighted by molar-refractivity contribution is 0.0696. The average molecular weight is 414 g/mol. The maximum absolute atomic E-state index is 12.9. The molecule has 2 N–H and O–H groups in total. The predicted octanol–water partition coefficient (Wildman–Crippen LogP) is 4.35. The van der Waals surface area contributed by atoms with Gasteiger partial charge in [-0.15, -0.1) is 0 Å². The minimum absolute atomic E-state index is 0.0307. The number of carbonyl (C=O) groups is 2. The number of aryl methyl sites for hydroxylation is 1. The van der Waals surface area contributed by atoms with Gasteiger partial charge in [-0.05, 0) is 62.4 Å². The molecule has 0 unspecified atom stereocenters. The molecule has 0 bridgehead atoms. The van der Waals surface area contributed by atoms with E-state index in [9.17, 15) is 14.0 Å². The van der Waals surface area contributed by atoms with Gasteiger partial charge in [0.05, 0.1) is 16.8 Å². The van der Waals surface area contributed by atoms with Crippen molar-refractivity contribution in [2.45, 2.75) is 13.8 Å². The highest BCUT2D eigenvalue weighted by molar-refractivity contribution is 6.33. The Labute approximate surface area is 171 Å². The summed E-state index contributed by atoms with van der Waals surface area (Å²) < 4.78 is 14.8. The third-order valence-corrected chi connectivity index (χ3v) is 4.70. The first-order chi connectivity index (χ1) is 13.8. The van der Waals surface area contributed by atoms with Crippen molar-refractivity contribution in [2.75, 3.05) is 0 Å². The largest absolute Gasteiger partial charge is 0.478 e. The zero-order valence-electron chi connectivity index (χ0n) is 15.6. The maximum Gasteiger partial charge on any atom is 0.337 e. The van der Waals surface area contributed by atoms with Gasteiger partial charge in [0.1, 0.15) is 5.82 Å². The number of carbonyl (C=O) groups excluding carboxylic acids is 1. The molecule has 3 aromatic rings. The molecule has 0 saturated carbocycles. The fourth-order valence-corrected chi connectivity index (χ4v) is 3.21. The lowest BCUT2D eigenvalue weighted by Crippen LogP contribution is -2.17. The smallest absolute Gasteiger partial charge is 0.337 e. The number of nitrogens with one attached hydrogen (secondary N) is 1. The number of carboxylic acid groups (broad SMARTS) is 1. The summed E-state index contributed by atoms with van der Waals surface area (Å²) in [4.78, 5) is 23.2. The first-order valence-corrected chi connectivity index (χ1v) is 8.97. The van der Waals surface area contributed by atoms with Crippen molar-refractivity contribution in [1.82, 2.24) is 9.99 Å². The van der Waals surface area contributed by atoms with Crippen LogP contribution >= 0.6 is 11.6 Å². The number of carboxylic acids is 1. The molecule has 0 atom stereocenters. The molecule has 0 radical (unpaired) electrons. The number of hydrogen-bond acceptors (Lipinski definition) is 3. The van der Waals surface area contributed by atoms with Crippen LogP contribution in [0.3, 0.4) is 0 Å². The van der Waals surface area contributed by atoms with Crippen LogP contribution in [0.1, 0.15) is 37.7 Å². The van der Waals surface area contributed by atoms with E-state index < -0.39 is 17.7 Å². The van der Waals surface area contributed by atoms with Crippen molar-refractivity contribution < 1.29 is 19.1 Å². The van der Waals surface area contributed by atoms with Gasteiger partial charge in [0.2, 0.25) is 0 Å². The number of rotatable bonds is 5. The molecule has 148 valence electrons. The van der Waals surface area contributed by atoms with E-state index >= 15 is 0 Å². The number of hydrogen-bond donors (Lipinski definition) is 2. The molecule has 0 spiro atoms. The number of amides is 1. The normalized spacial score (nSPS) is 11.0. The Morgan fingerprint density at radius 3 is 2.45 bits per heavy atom. The Kier molecular flexibility index (Phi) is 5.79. The van der Waals surface area contributed by atoms with Gasteiger partial charge in [-0.3, -0.25) is 4.79 Å². The molecule has 8 heteroatoms. The summed E-state index contributed by atoms with van der Waals surface area (Å²) in [5, 5.41) is 13.2. The van der Waals surface area contributed by atoms with Crippen molar-refractivity contribution >= 4 is 29.7 Å². The molecule has 3 rings (SSSR count). The second-order valence-corrected chi connectivity index (χ2v) is 6.74. The van der Waals surface area contributed by atoms with E-state index in [0.717, 1.165) is 17.0 Å². The highest BCUT2D eigenvalue weighted by Gasteiger charge is 2.14. The van der Waals surface area contributed by atoms with Gasteiger partial charge in [0.15, 0.2) is 0 Å². The quantitative estimate of drug-likeness (QED) is 0.482. The van der Waals surface area contributed by atoms with Crippen molar-refractivity contribution in [3.8, 4) is 5.69 Å². The predicted molar refractivity (Wildman–Crippen MR) is 109 cm³/mol. The maximum atomic E-state index is 12.9. The van der Waals surface area contributed by atoms with Gasteiger partial charge >= 0.3 is 5.97 Å². The highest BCUT2D eigenvalue weighted by atomic mass is 35.5. The standard InChI is InChI=1S/C21H17ClFN3O3/c1-12-9-15(11-24-25-20(27)14-3-5-16(23)6-4-14)13(2)26(12)17-7-8-18(21(28)29)19(22)10-17/h3-11H,1-2H3,(H,25,27)(H,28,29)/b24-11-. The topological polar surface area (TPSA) is 83.7 Å². The fourth-order valence-electron chi connectivity index (χ4n) is 2.96. The minimum atomic E-state index is -1.09. The van der Waals surface area contributed by atoms with Gasteiger partial charge in [-0.1, -0.05) is 11.6 Å². The Morgan fingerprint density at radius 2 is 1.83 bits per heavy atom.